The molecule has 0 spiro atoms. The molecule has 2 heterocycles. The van der Waals surface area contributed by atoms with E-state index in [0.29, 0.717) is 12.4 Å². The van der Waals surface area contributed by atoms with E-state index in [0.717, 1.165) is 17.4 Å². The van der Waals surface area contributed by atoms with E-state index in [2.05, 4.69) is 15.3 Å². The number of nitro groups is 1. The Hall–Kier alpha value is -3.73. The van der Waals surface area contributed by atoms with Crippen LogP contribution >= 0.6 is 0 Å². The van der Waals surface area contributed by atoms with Gasteiger partial charge in [0.1, 0.15) is 23.6 Å². The number of imidazole rings is 1. The second-order valence-electron chi connectivity index (χ2n) is 4.95. The standard InChI is InChI=1S/C16H12N6O2/c17-8-13-7-15(22(23)24)10-20-16(13)19-9-12-1-3-14(4-2-12)21-6-5-18-11-21/h1-7,10-11H,9H2,(H,19,20). The van der Waals surface area contributed by atoms with Crippen molar-refractivity contribution in [1.82, 2.24) is 14.5 Å². The maximum atomic E-state index is 10.7. The van der Waals surface area contributed by atoms with Gasteiger partial charge in [0.25, 0.3) is 5.69 Å². The smallest absolute Gasteiger partial charge is 0.289 e. The van der Waals surface area contributed by atoms with Gasteiger partial charge in [0.15, 0.2) is 0 Å². The highest BCUT2D eigenvalue weighted by atomic mass is 16.6. The summed E-state index contributed by atoms with van der Waals surface area (Å²) in [7, 11) is 0. The van der Waals surface area contributed by atoms with E-state index in [-0.39, 0.29) is 11.3 Å². The fourth-order valence-corrected chi connectivity index (χ4v) is 2.16. The van der Waals surface area contributed by atoms with Gasteiger partial charge in [-0.2, -0.15) is 5.26 Å². The van der Waals surface area contributed by atoms with Gasteiger partial charge in [-0.25, -0.2) is 9.97 Å². The molecule has 8 nitrogen and oxygen atoms in total. The Morgan fingerprint density at radius 1 is 1.33 bits per heavy atom. The van der Waals surface area contributed by atoms with Crippen LogP contribution in [-0.4, -0.2) is 19.5 Å². The molecular formula is C16H12N6O2. The van der Waals surface area contributed by atoms with Crippen molar-refractivity contribution in [1.29, 1.82) is 5.26 Å². The fourth-order valence-electron chi connectivity index (χ4n) is 2.16. The van der Waals surface area contributed by atoms with Crippen LogP contribution in [0.1, 0.15) is 11.1 Å². The summed E-state index contributed by atoms with van der Waals surface area (Å²) in [4.78, 5) is 18.1. The van der Waals surface area contributed by atoms with Crippen molar-refractivity contribution in [2.45, 2.75) is 6.54 Å². The van der Waals surface area contributed by atoms with Gasteiger partial charge in [-0.3, -0.25) is 10.1 Å². The summed E-state index contributed by atoms with van der Waals surface area (Å²) in [5, 5.41) is 22.8. The SMILES string of the molecule is N#Cc1cc([N+](=O)[O-])cnc1NCc1ccc(-n2ccnc2)cc1. The molecule has 1 aromatic carbocycles. The van der Waals surface area contributed by atoms with Gasteiger partial charge in [-0.1, -0.05) is 12.1 Å². The minimum atomic E-state index is -0.577. The minimum absolute atomic E-state index is 0.138. The van der Waals surface area contributed by atoms with Gasteiger partial charge in [-0.15, -0.1) is 0 Å². The quantitative estimate of drug-likeness (QED) is 0.571. The summed E-state index contributed by atoms with van der Waals surface area (Å²) in [6, 6.07) is 10.9. The summed E-state index contributed by atoms with van der Waals surface area (Å²) in [6.45, 7) is 0.448. The van der Waals surface area contributed by atoms with Crippen molar-refractivity contribution in [2.75, 3.05) is 5.32 Å². The molecule has 0 amide bonds. The second-order valence-corrected chi connectivity index (χ2v) is 4.95. The van der Waals surface area contributed by atoms with E-state index in [1.165, 1.54) is 6.07 Å². The predicted molar refractivity (Wildman–Crippen MR) is 86.5 cm³/mol. The molecule has 0 atom stereocenters. The zero-order valence-electron chi connectivity index (χ0n) is 12.5. The predicted octanol–water partition coefficient (Wildman–Crippen LogP) is 2.66. The van der Waals surface area contributed by atoms with Crippen LogP contribution in [0.15, 0.2) is 55.2 Å². The first kappa shape index (κ1) is 15.2. The Morgan fingerprint density at radius 2 is 2.12 bits per heavy atom. The molecule has 0 aliphatic rings. The van der Waals surface area contributed by atoms with Crippen LogP contribution < -0.4 is 5.32 Å². The third-order valence-electron chi connectivity index (χ3n) is 3.40. The number of hydrogen-bond acceptors (Lipinski definition) is 6. The molecule has 8 heteroatoms. The number of aromatic nitrogens is 3. The van der Waals surface area contributed by atoms with Crippen LogP contribution in [0, 0.1) is 21.4 Å². The molecule has 0 saturated heterocycles. The molecule has 0 radical (unpaired) electrons. The summed E-state index contributed by atoms with van der Waals surface area (Å²) < 4.78 is 1.89. The van der Waals surface area contributed by atoms with Gasteiger partial charge in [0, 0.05) is 30.7 Å². The van der Waals surface area contributed by atoms with Crippen molar-refractivity contribution < 1.29 is 4.92 Å². The molecule has 0 unspecified atom stereocenters. The third-order valence-corrected chi connectivity index (χ3v) is 3.40. The highest BCUT2D eigenvalue weighted by Gasteiger charge is 2.11. The topological polar surface area (TPSA) is 110 Å². The van der Waals surface area contributed by atoms with Gasteiger partial charge < -0.3 is 9.88 Å². The Bertz CT molecular complexity index is 897. The molecule has 3 rings (SSSR count). The second kappa shape index (κ2) is 6.58. The normalized spacial score (nSPS) is 10.1. The Labute approximate surface area is 137 Å². The van der Waals surface area contributed by atoms with Crippen LogP contribution in [0.5, 0.6) is 0 Å². The van der Waals surface area contributed by atoms with Crippen molar-refractivity contribution in [3.8, 4) is 11.8 Å². The summed E-state index contributed by atoms with van der Waals surface area (Å²) >= 11 is 0. The first-order valence-corrected chi connectivity index (χ1v) is 7.03. The average Bonchev–Trinajstić information content (AvgIpc) is 3.14. The van der Waals surface area contributed by atoms with Gasteiger partial charge in [-0.05, 0) is 17.7 Å². The van der Waals surface area contributed by atoms with Gasteiger partial charge >= 0.3 is 0 Å². The van der Waals surface area contributed by atoms with E-state index in [1.54, 1.807) is 12.5 Å². The monoisotopic (exact) mass is 320 g/mol. The van der Waals surface area contributed by atoms with Crippen LogP contribution in [0.2, 0.25) is 0 Å². The molecule has 1 N–H and O–H groups in total. The maximum Gasteiger partial charge on any atom is 0.289 e. The van der Waals surface area contributed by atoms with Crippen LogP contribution in [0.4, 0.5) is 11.5 Å². The molecule has 0 bridgehead atoms. The molecule has 118 valence electrons. The highest BCUT2D eigenvalue weighted by Crippen LogP contribution is 2.19. The van der Waals surface area contributed by atoms with Crippen molar-refractivity contribution >= 4 is 11.5 Å². The van der Waals surface area contributed by atoms with E-state index in [1.807, 2.05) is 41.1 Å². The van der Waals surface area contributed by atoms with Crippen molar-refractivity contribution in [3.05, 3.63) is 76.5 Å². The molecule has 0 saturated carbocycles. The first-order valence-electron chi connectivity index (χ1n) is 7.03. The number of hydrogen-bond donors (Lipinski definition) is 1. The number of anilines is 1. The molecule has 2 aromatic heterocycles. The summed E-state index contributed by atoms with van der Waals surface area (Å²) in [6.07, 6.45) is 6.41. The maximum absolute atomic E-state index is 10.7. The van der Waals surface area contributed by atoms with Gasteiger partial charge in [0.05, 0.1) is 11.3 Å². The largest absolute Gasteiger partial charge is 0.365 e. The van der Waals surface area contributed by atoms with Crippen LogP contribution in [-0.2, 0) is 6.54 Å². The highest BCUT2D eigenvalue weighted by molar-refractivity contribution is 5.55. The van der Waals surface area contributed by atoms with E-state index in [9.17, 15) is 10.1 Å². The Kier molecular flexibility index (Phi) is 4.16. The zero-order valence-corrected chi connectivity index (χ0v) is 12.5. The number of rotatable bonds is 5. The number of pyridine rings is 1. The minimum Gasteiger partial charge on any atom is -0.365 e. The fraction of sp³-hybridized carbons (Fsp3) is 0.0625. The summed E-state index contributed by atoms with van der Waals surface area (Å²) in [5.41, 5.74) is 1.91. The number of benzene rings is 1. The van der Waals surface area contributed by atoms with Crippen LogP contribution in [0.25, 0.3) is 5.69 Å². The Balaban J connectivity index is 1.72. The molecule has 3 aromatic rings. The third kappa shape index (κ3) is 3.20. The molecule has 0 fully saturated rings. The molecule has 0 aliphatic carbocycles. The van der Waals surface area contributed by atoms with E-state index in [4.69, 9.17) is 5.26 Å². The lowest BCUT2D eigenvalue weighted by Gasteiger charge is -2.08. The van der Waals surface area contributed by atoms with Gasteiger partial charge in [0.2, 0.25) is 0 Å². The molecular weight excluding hydrogens is 308 g/mol. The van der Waals surface area contributed by atoms with E-state index < -0.39 is 4.92 Å². The number of nitriles is 1. The lowest BCUT2D eigenvalue weighted by atomic mass is 10.2. The van der Waals surface area contributed by atoms with Crippen molar-refractivity contribution in [2.24, 2.45) is 0 Å². The zero-order chi connectivity index (χ0) is 16.9. The first-order chi connectivity index (χ1) is 11.7. The molecule has 24 heavy (non-hydrogen) atoms. The lowest BCUT2D eigenvalue weighted by molar-refractivity contribution is -0.385. The average molecular weight is 320 g/mol. The Morgan fingerprint density at radius 3 is 2.75 bits per heavy atom. The molecule has 0 aliphatic heterocycles. The van der Waals surface area contributed by atoms with Crippen molar-refractivity contribution in [3.63, 3.8) is 0 Å². The lowest BCUT2D eigenvalue weighted by Crippen LogP contribution is -2.04. The van der Waals surface area contributed by atoms with Crippen LogP contribution in [0.3, 0.4) is 0 Å². The number of nitrogens with one attached hydrogen (secondary N) is 1. The number of nitrogens with zero attached hydrogens (tertiary/aromatic N) is 5. The summed E-state index contributed by atoms with van der Waals surface area (Å²) in [5.74, 6) is 0.321. The van der Waals surface area contributed by atoms with E-state index >= 15 is 0 Å².